The zero-order valence-electron chi connectivity index (χ0n) is 19.7. The summed E-state index contributed by atoms with van der Waals surface area (Å²) in [5, 5.41) is 9.97. The molecule has 8 nitrogen and oxygen atoms in total. The maximum atomic E-state index is 13.2. The molecule has 1 amide bonds. The number of halogens is 4. The number of anilines is 2. The number of hydrogen-bond acceptors (Lipinski definition) is 6. The molecule has 1 aromatic carbocycles. The molecule has 1 aliphatic rings. The summed E-state index contributed by atoms with van der Waals surface area (Å²) in [5.41, 5.74) is 3.44. The monoisotopic (exact) mass is 519 g/mol. The van der Waals surface area contributed by atoms with E-state index in [1.165, 1.54) is 17.8 Å². The normalized spacial score (nSPS) is 13.4. The average molecular weight is 519 g/mol. The molecule has 4 rings (SSSR count). The van der Waals surface area contributed by atoms with Crippen molar-refractivity contribution in [3.63, 3.8) is 0 Å². The van der Waals surface area contributed by atoms with Gasteiger partial charge in [-0.1, -0.05) is 12.1 Å². The Bertz CT molecular complexity index is 1170. The number of carboxylic acids is 1. The summed E-state index contributed by atoms with van der Waals surface area (Å²) in [6, 6.07) is 14.1. The number of alkyl halides is 3. The standard InChI is InChI=1S/C23H24FN5O.C2HF3O2/c24-19-3-1-2-18(16-19)6-11-26-23(30)22-5-4-21(17-27-22)29-14-12-28(13-15-29)20-7-9-25-10-8-20;3-2(4,5)1(6)7/h1-5,7-10,16-17H,6,11-15H2,(H,26,30);(H,6,7). The summed E-state index contributed by atoms with van der Waals surface area (Å²) < 4.78 is 44.9. The first kappa shape index (κ1) is 27.4. The SMILES string of the molecule is O=C(NCCc1cccc(F)c1)c1ccc(N2CCN(c3ccncc3)CC2)cn1.O=C(O)C(F)(F)F. The molecule has 2 N–H and O–H groups in total. The minimum Gasteiger partial charge on any atom is -0.475 e. The van der Waals surface area contributed by atoms with Crippen LogP contribution in [0.2, 0.25) is 0 Å². The fraction of sp³-hybridized carbons (Fsp3) is 0.280. The maximum absolute atomic E-state index is 13.2. The van der Waals surface area contributed by atoms with E-state index >= 15 is 0 Å². The first-order valence-electron chi connectivity index (χ1n) is 11.3. The largest absolute Gasteiger partial charge is 0.490 e. The summed E-state index contributed by atoms with van der Waals surface area (Å²) in [4.78, 5) is 34.2. The van der Waals surface area contributed by atoms with Gasteiger partial charge in [-0.2, -0.15) is 13.2 Å². The minimum absolute atomic E-state index is 0.222. The third kappa shape index (κ3) is 8.44. The summed E-state index contributed by atoms with van der Waals surface area (Å²) in [7, 11) is 0. The number of nitrogens with one attached hydrogen (secondary N) is 1. The Hall–Kier alpha value is -4.22. The van der Waals surface area contributed by atoms with E-state index in [1.807, 2.05) is 36.7 Å². The number of aromatic nitrogens is 2. The van der Waals surface area contributed by atoms with Crippen LogP contribution >= 0.6 is 0 Å². The van der Waals surface area contributed by atoms with Crippen molar-refractivity contribution in [3.8, 4) is 0 Å². The fourth-order valence-corrected chi connectivity index (χ4v) is 3.59. The van der Waals surface area contributed by atoms with E-state index in [0.29, 0.717) is 18.7 Å². The van der Waals surface area contributed by atoms with Gasteiger partial charge in [0.05, 0.1) is 11.9 Å². The van der Waals surface area contributed by atoms with Crippen LogP contribution in [0.15, 0.2) is 67.1 Å². The highest BCUT2D eigenvalue weighted by atomic mass is 19.4. The number of benzene rings is 1. The quantitative estimate of drug-likeness (QED) is 0.481. The molecule has 1 saturated heterocycles. The molecule has 0 saturated carbocycles. The summed E-state index contributed by atoms with van der Waals surface area (Å²) in [6.45, 7) is 4.06. The molecule has 3 heterocycles. The number of hydrogen-bond donors (Lipinski definition) is 2. The van der Waals surface area contributed by atoms with Crippen molar-refractivity contribution < 1.29 is 32.3 Å². The number of rotatable bonds is 6. The van der Waals surface area contributed by atoms with Gasteiger partial charge in [0.2, 0.25) is 0 Å². The van der Waals surface area contributed by atoms with Crippen molar-refractivity contribution in [2.24, 2.45) is 0 Å². The van der Waals surface area contributed by atoms with Gasteiger partial charge in [0.1, 0.15) is 11.5 Å². The molecule has 0 aliphatic carbocycles. The number of nitrogens with zero attached hydrogens (tertiary/aromatic N) is 4. The Kier molecular flexibility index (Phi) is 9.36. The molecule has 0 bridgehead atoms. The molecule has 3 aromatic rings. The predicted molar refractivity (Wildman–Crippen MR) is 129 cm³/mol. The first-order valence-corrected chi connectivity index (χ1v) is 11.3. The van der Waals surface area contributed by atoms with E-state index in [9.17, 15) is 22.4 Å². The van der Waals surface area contributed by atoms with Crippen molar-refractivity contribution in [3.05, 3.63) is 84.2 Å². The number of carboxylic acid groups (broad SMARTS) is 1. The van der Waals surface area contributed by atoms with Gasteiger partial charge in [-0.05, 0) is 48.4 Å². The predicted octanol–water partition coefficient (Wildman–Crippen LogP) is 3.55. The zero-order valence-corrected chi connectivity index (χ0v) is 19.7. The summed E-state index contributed by atoms with van der Waals surface area (Å²) in [5.74, 6) is -3.24. The van der Waals surface area contributed by atoms with Crippen molar-refractivity contribution in [1.29, 1.82) is 0 Å². The van der Waals surface area contributed by atoms with Crippen molar-refractivity contribution >= 4 is 23.3 Å². The second kappa shape index (κ2) is 12.7. The lowest BCUT2D eigenvalue weighted by Crippen LogP contribution is -2.46. The van der Waals surface area contributed by atoms with E-state index in [4.69, 9.17) is 9.90 Å². The molecule has 0 radical (unpaired) electrons. The molecule has 0 atom stereocenters. The Morgan fingerprint density at radius 3 is 2.11 bits per heavy atom. The average Bonchev–Trinajstić information content (AvgIpc) is 2.89. The molecule has 0 unspecified atom stereocenters. The summed E-state index contributed by atoms with van der Waals surface area (Å²) in [6.07, 6.45) is 0.869. The lowest BCUT2D eigenvalue weighted by Gasteiger charge is -2.37. The van der Waals surface area contributed by atoms with Crippen LogP contribution in [0.4, 0.5) is 28.9 Å². The Balaban J connectivity index is 0.000000479. The number of carbonyl (C=O) groups is 2. The molecule has 37 heavy (non-hydrogen) atoms. The number of aliphatic carboxylic acids is 1. The third-order valence-corrected chi connectivity index (χ3v) is 5.48. The van der Waals surface area contributed by atoms with Gasteiger partial charge in [0, 0.05) is 50.8 Å². The summed E-state index contributed by atoms with van der Waals surface area (Å²) >= 11 is 0. The van der Waals surface area contributed by atoms with Crippen molar-refractivity contribution in [1.82, 2.24) is 15.3 Å². The second-order valence-electron chi connectivity index (χ2n) is 8.02. The molecule has 1 fully saturated rings. The molecular formula is C25H25F4N5O3. The van der Waals surface area contributed by atoms with Crippen molar-refractivity contribution in [2.75, 3.05) is 42.5 Å². The van der Waals surface area contributed by atoms with Crippen molar-refractivity contribution in [2.45, 2.75) is 12.6 Å². The van der Waals surface area contributed by atoms with Gasteiger partial charge in [0.25, 0.3) is 5.91 Å². The highest BCUT2D eigenvalue weighted by Crippen LogP contribution is 2.19. The first-order chi connectivity index (χ1) is 17.6. The van der Waals surface area contributed by atoms with Gasteiger partial charge in [-0.25, -0.2) is 14.2 Å². The van der Waals surface area contributed by atoms with Crippen LogP contribution in [0.5, 0.6) is 0 Å². The number of carbonyl (C=O) groups excluding carboxylic acids is 1. The van der Waals surface area contributed by atoms with Crippen LogP contribution in [-0.2, 0) is 11.2 Å². The van der Waals surface area contributed by atoms with Gasteiger partial charge >= 0.3 is 12.1 Å². The molecule has 196 valence electrons. The van der Waals surface area contributed by atoms with E-state index < -0.39 is 12.1 Å². The highest BCUT2D eigenvalue weighted by molar-refractivity contribution is 5.92. The molecule has 1 aliphatic heterocycles. The van der Waals surface area contributed by atoms with Crippen LogP contribution in [0, 0.1) is 5.82 Å². The number of amides is 1. The van der Waals surface area contributed by atoms with E-state index in [0.717, 1.165) is 37.4 Å². The Morgan fingerprint density at radius 2 is 1.57 bits per heavy atom. The van der Waals surface area contributed by atoms with Crippen LogP contribution < -0.4 is 15.1 Å². The van der Waals surface area contributed by atoms with Crippen LogP contribution in [0.3, 0.4) is 0 Å². The molecular weight excluding hydrogens is 494 g/mol. The van der Waals surface area contributed by atoms with Gasteiger partial charge in [-0.3, -0.25) is 9.78 Å². The van der Waals surface area contributed by atoms with Crippen LogP contribution in [-0.4, -0.2) is 65.9 Å². The number of piperazine rings is 1. The Labute approximate surface area is 210 Å². The fourth-order valence-electron chi connectivity index (χ4n) is 3.59. The zero-order chi connectivity index (χ0) is 26.8. The van der Waals surface area contributed by atoms with Gasteiger partial charge < -0.3 is 20.2 Å². The lowest BCUT2D eigenvalue weighted by atomic mass is 10.1. The van der Waals surface area contributed by atoms with E-state index in [1.54, 1.807) is 18.3 Å². The van der Waals surface area contributed by atoms with Gasteiger partial charge in [-0.15, -0.1) is 0 Å². The lowest BCUT2D eigenvalue weighted by molar-refractivity contribution is -0.192. The van der Waals surface area contributed by atoms with Crippen LogP contribution in [0.25, 0.3) is 0 Å². The van der Waals surface area contributed by atoms with Crippen LogP contribution in [0.1, 0.15) is 16.1 Å². The molecule has 0 spiro atoms. The maximum Gasteiger partial charge on any atom is 0.490 e. The molecule has 12 heteroatoms. The van der Waals surface area contributed by atoms with E-state index in [2.05, 4.69) is 25.1 Å². The topological polar surface area (TPSA) is 98.7 Å². The second-order valence-corrected chi connectivity index (χ2v) is 8.02. The smallest absolute Gasteiger partial charge is 0.475 e. The minimum atomic E-state index is -5.08. The molecule has 2 aromatic heterocycles. The Morgan fingerprint density at radius 1 is 0.946 bits per heavy atom. The van der Waals surface area contributed by atoms with E-state index in [-0.39, 0.29) is 11.7 Å². The number of pyridine rings is 2. The third-order valence-electron chi connectivity index (χ3n) is 5.48. The highest BCUT2D eigenvalue weighted by Gasteiger charge is 2.38. The van der Waals surface area contributed by atoms with Gasteiger partial charge in [0.15, 0.2) is 0 Å².